The number of aryl methyl sites for hydroxylation is 1. The maximum Gasteiger partial charge on any atom is 0.433 e. The van der Waals surface area contributed by atoms with Gasteiger partial charge in [0.25, 0.3) is 0 Å². The lowest BCUT2D eigenvalue weighted by Crippen LogP contribution is -2.20. The summed E-state index contributed by atoms with van der Waals surface area (Å²) in [5.41, 5.74) is -1.23. The second-order valence-corrected chi connectivity index (χ2v) is 4.92. The zero-order valence-corrected chi connectivity index (χ0v) is 9.28. The van der Waals surface area contributed by atoms with Gasteiger partial charge in [-0.25, -0.2) is 18.1 Å². The molecule has 0 aromatic carbocycles. The Morgan fingerprint density at radius 3 is 2.31 bits per heavy atom. The molecule has 90 valence electrons. The number of hydrogen-bond acceptors (Lipinski definition) is 3. The van der Waals surface area contributed by atoms with E-state index in [0.29, 0.717) is 6.07 Å². The van der Waals surface area contributed by atoms with Gasteiger partial charge in [-0.3, -0.25) is 0 Å². The van der Waals surface area contributed by atoms with Crippen LogP contribution in [0, 0.1) is 6.92 Å². The van der Waals surface area contributed by atoms with Crippen molar-refractivity contribution >= 4 is 10.0 Å². The molecule has 1 aromatic heterocycles. The van der Waals surface area contributed by atoms with Crippen LogP contribution in [0.4, 0.5) is 13.2 Å². The van der Waals surface area contributed by atoms with Crippen LogP contribution in [-0.4, -0.2) is 20.4 Å². The SMILES string of the molecule is CNS(=O)(=O)c1cc(C)nc(C(F)(F)F)c1. The molecule has 16 heavy (non-hydrogen) atoms. The van der Waals surface area contributed by atoms with E-state index in [2.05, 4.69) is 4.98 Å². The van der Waals surface area contributed by atoms with Crippen LogP contribution < -0.4 is 4.72 Å². The van der Waals surface area contributed by atoms with Gasteiger partial charge in [0.05, 0.1) is 4.90 Å². The minimum atomic E-state index is -4.66. The van der Waals surface area contributed by atoms with Gasteiger partial charge < -0.3 is 0 Å². The monoisotopic (exact) mass is 254 g/mol. The topological polar surface area (TPSA) is 59.1 Å². The summed E-state index contributed by atoms with van der Waals surface area (Å²) in [6.07, 6.45) is -4.66. The van der Waals surface area contributed by atoms with E-state index in [1.165, 1.54) is 6.92 Å². The first kappa shape index (κ1) is 12.9. The molecular weight excluding hydrogens is 245 g/mol. The first-order valence-electron chi connectivity index (χ1n) is 4.16. The van der Waals surface area contributed by atoms with Crippen molar-refractivity contribution in [3.8, 4) is 0 Å². The van der Waals surface area contributed by atoms with Crippen molar-refractivity contribution in [2.24, 2.45) is 0 Å². The van der Waals surface area contributed by atoms with Crippen LogP contribution in [-0.2, 0) is 16.2 Å². The third-order valence-corrected chi connectivity index (χ3v) is 3.19. The summed E-state index contributed by atoms with van der Waals surface area (Å²) in [5.74, 6) is 0. The smallest absolute Gasteiger partial charge is 0.249 e. The quantitative estimate of drug-likeness (QED) is 0.865. The molecule has 8 heteroatoms. The summed E-state index contributed by atoms with van der Waals surface area (Å²) in [5, 5.41) is 0. The van der Waals surface area contributed by atoms with Crippen LogP contribution in [0.15, 0.2) is 17.0 Å². The van der Waals surface area contributed by atoms with E-state index in [1.807, 2.05) is 4.72 Å². The van der Waals surface area contributed by atoms with Crippen molar-refractivity contribution in [3.63, 3.8) is 0 Å². The molecule has 0 fully saturated rings. The maximum atomic E-state index is 12.4. The van der Waals surface area contributed by atoms with Crippen molar-refractivity contribution in [2.75, 3.05) is 7.05 Å². The molecule has 4 nitrogen and oxygen atoms in total. The maximum absolute atomic E-state index is 12.4. The van der Waals surface area contributed by atoms with Gasteiger partial charge in [-0.1, -0.05) is 0 Å². The molecule has 0 bridgehead atoms. The summed E-state index contributed by atoms with van der Waals surface area (Å²) in [7, 11) is -2.77. The largest absolute Gasteiger partial charge is 0.433 e. The lowest BCUT2D eigenvalue weighted by Gasteiger charge is -2.09. The third-order valence-electron chi connectivity index (χ3n) is 1.80. The van der Waals surface area contributed by atoms with Gasteiger partial charge in [-0.05, 0) is 26.1 Å². The minimum absolute atomic E-state index is 0.0105. The van der Waals surface area contributed by atoms with Gasteiger partial charge >= 0.3 is 6.18 Å². The average Bonchev–Trinajstić information content (AvgIpc) is 2.15. The first-order chi connectivity index (χ1) is 7.16. The van der Waals surface area contributed by atoms with Gasteiger partial charge in [-0.15, -0.1) is 0 Å². The predicted octanol–water partition coefficient (Wildman–Crippen LogP) is 1.32. The molecule has 1 aromatic rings. The summed E-state index contributed by atoms with van der Waals surface area (Å²) in [6, 6.07) is 1.57. The van der Waals surface area contributed by atoms with E-state index in [1.54, 1.807) is 0 Å². The molecule has 0 aliphatic heterocycles. The minimum Gasteiger partial charge on any atom is -0.249 e. The molecule has 0 atom stereocenters. The summed E-state index contributed by atoms with van der Waals surface area (Å²) in [6.45, 7) is 1.30. The van der Waals surface area contributed by atoms with Crippen molar-refractivity contribution in [1.29, 1.82) is 0 Å². The highest BCUT2D eigenvalue weighted by atomic mass is 32.2. The van der Waals surface area contributed by atoms with E-state index in [9.17, 15) is 21.6 Å². The molecule has 0 saturated carbocycles. The molecular formula is C8H9F3N2O2S. The molecule has 1 heterocycles. The van der Waals surface area contributed by atoms with Gasteiger partial charge in [0.2, 0.25) is 10.0 Å². The van der Waals surface area contributed by atoms with E-state index in [-0.39, 0.29) is 5.69 Å². The number of aromatic nitrogens is 1. The van der Waals surface area contributed by atoms with Crippen LogP contribution in [0.1, 0.15) is 11.4 Å². The molecule has 0 radical (unpaired) electrons. The van der Waals surface area contributed by atoms with Crippen molar-refractivity contribution in [2.45, 2.75) is 18.0 Å². The van der Waals surface area contributed by atoms with Crippen molar-refractivity contribution in [3.05, 3.63) is 23.5 Å². The van der Waals surface area contributed by atoms with Gasteiger partial charge in [0.1, 0.15) is 5.69 Å². The Balaban J connectivity index is 3.41. The number of pyridine rings is 1. The summed E-state index contributed by atoms with van der Waals surface area (Å²) >= 11 is 0. The van der Waals surface area contributed by atoms with E-state index >= 15 is 0 Å². The number of hydrogen-bond donors (Lipinski definition) is 1. The molecule has 0 amide bonds. The fraction of sp³-hybridized carbons (Fsp3) is 0.375. The van der Waals surface area contributed by atoms with Crippen LogP contribution in [0.2, 0.25) is 0 Å². The van der Waals surface area contributed by atoms with Crippen LogP contribution >= 0.6 is 0 Å². The van der Waals surface area contributed by atoms with Gasteiger partial charge in [0, 0.05) is 5.69 Å². The number of nitrogens with zero attached hydrogens (tertiary/aromatic N) is 1. The predicted molar refractivity (Wildman–Crippen MR) is 50.2 cm³/mol. The van der Waals surface area contributed by atoms with E-state index in [4.69, 9.17) is 0 Å². The number of rotatable bonds is 2. The normalized spacial score (nSPS) is 12.8. The molecule has 0 unspecified atom stereocenters. The highest BCUT2D eigenvalue weighted by Gasteiger charge is 2.34. The van der Waals surface area contributed by atoms with Gasteiger partial charge in [0.15, 0.2) is 0 Å². The zero-order valence-electron chi connectivity index (χ0n) is 8.46. The lowest BCUT2D eigenvalue weighted by molar-refractivity contribution is -0.141. The number of nitrogens with one attached hydrogen (secondary N) is 1. The Morgan fingerprint density at radius 1 is 1.31 bits per heavy atom. The van der Waals surface area contributed by atoms with Gasteiger partial charge in [-0.2, -0.15) is 13.2 Å². The number of alkyl halides is 3. The standard InChI is InChI=1S/C8H9F3N2O2S/c1-5-3-6(16(14,15)12-2)4-7(13-5)8(9,10)11/h3-4,12H,1-2H3. The number of halogens is 3. The van der Waals surface area contributed by atoms with Crippen molar-refractivity contribution < 1.29 is 21.6 Å². The summed E-state index contributed by atoms with van der Waals surface area (Å²) in [4.78, 5) is 2.79. The molecule has 1 N–H and O–H groups in total. The molecule has 1 rings (SSSR count). The Kier molecular flexibility index (Phi) is 3.25. The average molecular weight is 254 g/mol. The summed E-state index contributed by atoms with van der Waals surface area (Å²) < 4.78 is 61.7. The Morgan fingerprint density at radius 2 is 1.88 bits per heavy atom. The van der Waals surface area contributed by atoms with Crippen molar-refractivity contribution in [1.82, 2.24) is 9.71 Å². The van der Waals surface area contributed by atoms with E-state index in [0.717, 1.165) is 13.1 Å². The number of sulfonamides is 1. The molecule has 0 aliphatic rings. The highest BCUT2D eigenvalue weighted by Crippen LogP contribution is 2.29. The van der Waals surface area contributed by atoms with Crippen LogP contribution in [0.25, 0.3) is 0 Å². The fourth-order valence-electron chi connectivity index (χ4n) is 1.06. The Labute approximate surface area is 90.6 Å². The van der Waals surface area contributed by atoms with E-state index < -0.39 is 26.8 Å². The second-order valence-electron chi connectivity index (χ2n) is 3.03. The Hall–Kier alpha value is -1.15. The molecule has 0 saturated heterocycles. The highest BCUT2D eigenvalue weighted by molar-refractivity contribution is 7.89. The Bertz CT molecular complexity index is 496. The zero-order chi connectivity index (χ0) is 12.6. The third kappa shape index (κ3) is 2.70. The second kappa shape index (κ2) is 4.02. The first-order valence-corrected chi connectivity index (χ1v) is 5.64. The molecule has 0 spiro atoms. The molecule has 0 aliphatic carbocycles. The van der Waals surface area contributed by atoms with Crippen LogP contribution in [0.5, 0.6) is 0 Å². The fourth-order valence-corrected chi connectivity index (χ4v) is 1.88. The lowest BCUT2D eigenvalue weighted by atomic mass is 10.3. The van der Waals surface area contributed by atoms with Crippen LogP contribution in [0.3, 0.4) is 0 Å².